The molecule has 0 saturated carbocycles. The summed E-state index contributed by atoms with van der Waals surface area (Å²) in [6.07, 6.45) is 3.06. The van der Waals surface area contributed by atoms with E-state index in [-0.39, 0.29) is 11.3 Å². The third-order valence-electron chi connectivity index (χ3n) is 1.90. The van der Waals surface area contributed by atoms with Crippen molar-refractivity contribution in [2.75, 3.05) is 0 Å². The maximum Gasteiger partial charge on any atom is 0.313 e. The molecule has 0 amide bonds. The summed E-state index contributed by atoms with van der Waals surface area (Å²) in [6.45, 7) is 7.24. The van der Waals surface area contributed by atoms with Crippen LogP contribution >= 0.6 is 11.6 Å². The number of halogens is 1. The molecule has 0 fully saturated rings. The van der Waals surface area contributed by atoms with E-state index in [4.69, 9.17) is 16.3 Å². The smallest absolute Gasteiger partial charge is 0.313 e. The van der Waals surface area contributed by atoms with Crippen molar-refractivity contribution in [1.29, 1.82) is 0 Å². The fraction of sp³-hybridized carbons (Fsp3) is 0.545. The van der Waals surface area contributed by atoms with Crippen LogP contribution in [0.3, 0.4) is 0 Å². The van der Waals surface area contributed by atoms with Gasteiger partial charge in [0, 0.05) is 18.0 Å². The molecule has 0 N–H and O–H groups in total. The number of hydrogen-bond acceptors (Lipinski definition) is 4. The predicted octanol–water partition coefficient (Wildman–Crippen LogP) is 2.58. The van der Waals surface area contributed by atoms with Crippen molar-refractivity contribution in [3.05, 3.63) is 23.2 Å². The van der Waals surface area contributed by atoms with Crippen LogP contribution in [0.25, 0.3) is 0 Å². The summed E-state index contributed by atoms with van der Waals surface area (Å²) in [5.74, 6) is -0.685. The first-order valence-electron chi connectivity index (χ1n) is 5.00. The fourth-order valence-corrected chi connectivity index (χ4v) is 1.17. The molecule has 0 aliphatic rings. The van der Waals surface area contributed by atoms with E-state index in [9.17, 15) is 4.79 Å². The van der Waals surface area contributed by atoms with Gasteiger partial charge in [0.15, 0.2) is 0 Å². The monoisotopic (exact) mass is 242 g/mol. The van der Waals surface area contributed by atoms with Crippen molar-refractivity contribution in [3.63, 3.8) is 0 Å². The molecule has 0 radical (unpaired) electrons. The molecule has 88 valence electrons. The van der Waals surface area contributed by atoms with E-state index >= 15 is 0 Å². The Labute approximate surface area is 100 Å². The molecule has 0 saturated heterocycles. The van der Waals surface area contributed by atoms with Crippen LogP contribution in [-0.2, 0) is 9.53 Å². The molecule has 0 aliphatic heterocycles. The first-order valence-corrected chi connectivity index (χ1v) is 5.37. The van der Waals surface area contributed by atoms with E-state index in [1.165, 1.54) is 12.4 Å². The zero-order valence-corrected chi connectivity index (χ0v) is 10.6. The molecule has 4 nitrogen and oxygen atoms in total. The van der Waals surface area contributed by atoms with Crippen molar-refractivity contribution in [1.82, 2.24) is 9.97 Å². The van der Waals surface area contributed by atoms with Crippen LogP contribution in [0.1, 0.15) is 39.2 Å². The van der Waals surface area contributed by atoms with Gasteiger partial charge in [0.25, 0.3) is 0 Å². The summed E-state index contributed by atoms with van der Waals surface area (Å²) in [5.41, 5.74) is 0.206. The number of ether oxygens (including phenoxy) is 1. The van der Waals surface area contributed by atoms with E-state index in [2.05, 4.69) is 9.97 Å². The molecule has 1 heterocycles. The Balaban J connectivity index is 2.74. The largest absolute Gasteiger partial charge is 0.460 e. The van der Waals surface area contributed by atoms with Crippen LogP contribution in [0.2, 0.25) is 5.28 Å². The number of carbonyl (C=O) groups is 1. The summed E-state index contributed by atoms with van der Waals surface area (Å²) >= 11 is 5.56. The van der Waals surface area contributed by atoms with E-state index in [0.717, 1.165) is 0 Å². The molecule has 1 unspecified atom stereocenters. The van der Waals surface area contributed by atoms with Crippen molar-refractivity contribution < 1.29 is 9.53 Å². The highest BCUT2D eigenvalue weighted by Gasteiger charge is 2.23. The van der Waals surface area contributed by atoms with E-state index < -0.39 is 11.5 Å². The Hall–Kier alpha value is -1.16. The van der Waals surface area contributed by atoms with Gasteiger partial charge < -0.3 is 4.74 Å². The Morgan fingerprint density at radius 3 is 2.31 bits per heavy atom. The van der Waals surface area contributed by atoms with Crippen LogP contribution in [0, 0.1) is 0 Å². The lowest BCUT2D eigenvalue weighted by atomic mass is 10.0. The lowest BCUT2D eigenvalue weighted by molar-refractivity contribution is -0.156. The van der Waals surface area contributed by atoms with E-state index in [1.54, 1.807) is 6.92 Å². The first kappa shape index (κ1) is 12.9. The average Bonchev–Trinajstić information content (AvgIpc) is 2.15. The third-order valence-corrected chi connectivity index (χ3v) is 2.10. The minimum Gasteiger partial charge on any atom is -0.460 e. The second-order valence-corrected chi connectivity index (χ2v) is 4.88. The van der Waals surface area contributed by atoms with E-state index in [0.29, 0.717) is 5.56 Å². The van der Waals surface area contributed by atoms with Crippen LogP contribution in [-0.4, -0.2) is 21.5 Å². The van der Waals surface area contributed by atoms with Gasteiger partial charge in [-0.15, -0.1) is 0 Å². The molecule has 1 atom stereocenters. The summed E-state index contributed by atoms with van der Waals surface area (Å²) in [7, 11) is 0. The van der Waals surface area contributed by atoms with Crippen molar-refractivity contribution in [2.24, 2.45) is 0 Å². The maximum absolute atomic E-state index is 11.7. The zero-order chi connectivity index (χ0) is 12.3. The van der Waals surface area contributed by atoms with Gasteiger partial charge in [-0.1, -0.05) is 0 Å². The van der Waals surface area contributed by atoms with Gasteiger partial charge in [-0.3, -0.25) is 4.79 Å². The van der Waals surface area contributed by atoms with Gasteiger partial charge in [-0.25, -0.2) is 9.97 Å². The molecule has 1 aromatic heterocycles. The van der Waals surface area contributed by atoms with E-state index in [1.807, 2.05) is 20.8 Å². The number of nitrogens with zero attached hydrogens (tertiary/aromatic N) is 2. The molecule has 0 aromatic carbocycles. The molecule has 5 heteroatoms. The summed E-state index contributed by atoms with van der Waals surface area (Å²) in [5, 5.41) is 0.167. The molecule has 0 spiro atoms. The van der Waals surface area contributed by atoms with Gasteiger partial charge in [-0.05, 0) is 39.3 Å². The van der Waals surface area contributed by atoms with Crippen molar-refractivity contribution >= 4 is 17.6 Å². The van der Waals surface area contributed by atoms with Gasteiger partial charge in [-0.2, -0.15) is 0 Å². The Bertz CT molecular complexity index is 371. The number of aromatic nitrogens is 2. The second kappa shape index (κ2) is 4.78. The van der Waals surface area contributed by atoms with Crippen LogP contribution in [0.4, 0.5) is 0 Å². The normalized spacial score (nSPS) is 13.3. The second-order valence-electron chi connectivity index (χ2n) is 4.54. The van der Waals surface area contributed by atoms with Crippen LogP contribution < -0.4 is 0 Å². The number of rotatable bonds is 2. The average molecular weight is 243 g/mol. The van der Waals surface area contributed by atoms with Crippen LogP contribution in [0.5, 0.6) is 0 Å². The molecular formula is C11H15ClN2O2. The van der Waals surface area contributed by atoms with Gasteiger partial charge in [0.2, 0.25) is 5.28 Å². The maximum atomic E-state index is 11.7. The highest BCUT2D eigenvalue weighted by Crippen LogP contribution is 2.19. The molecular weight excluding hydrogens is 228 g/mol. The highest BCUT2D eigenvalue weighted by molar-refractivity contribution is 6.28. The first-order chi connectivity index (χ1) is 7.29. The lowest BCUT2D eigenvalue weighted by Gasteiger charge is -2.22. The topological polar surface area (TPSA) is 52.1 Å². The minimum absolute atomic E-state index is 0.167. The van der Waals surface area contributed by atoms with Gasteiger partial charge in [0.05, 0.1) is 5.92 Å². The molecule has 16 heavy (non-hydrogen) atoms. The SMILES string of the molecule is CC(C(=O)OC(C)(C)C)c1cnc(Cl)nc1. The number of esters is 1. The van der Waals surface area contributed by atoms with Crippen molar-refractivity contribution in [2.45, 2.75) is 39.2 Å². The van der Waals surface area contributed by atoms with Gasteiger partial charge in [0.1, 0.15) is 5.60 Å². The number of hydrogen-bond donors (Lipinski definition) is 0. The Morgan fingerprint density at radius 2 is 1.88 bits per heavy atom. The minimum atomic E-state index is -0.487. The lowest BCUT2D eigenvalue weighted by Crippen LogP contribution is -2.26. The third kappa shape index (κ3) is 3.77. The fourth-order valence-electron chi connectivity index (χ4n) is 1.07. The molecule has 0 bridgehead atoms. The quantitative estimate of drug-likeness (QED) is 0.591. The Kier molecular flexibility index (Phi) is 3.86. The molecule has 1 rings (SSSR count). The summed E-state index contributed by atoms with van der Waals surface area (Å²) in [6, 6.07) is 0. The van der Waals surface area contributed by atoms with Crippen molar-refractivity contribution in [3.8, 4) is 0 Å². The zero-order valence-electron chi connectivity index (χ0n) is 9.82. The summed E-state index contributed by atoms with van der Waals surface area (Å²) < 4.78 is 5.26. The van der Waals surface area contributed by atoms with Gasteiger partial charge >= 0.3 is 5.97 Å². The highest BCUT2D eigenvalue weighted by atomic mass is 35.5. The summed E-state index contributed by atoms with van der Waals surface area (Å²) in [4.78, 5) is 19.4. The molecule has 0 aliphatic carbocycles. The van der Waals surface area contributed by atoms with Crippen LogP contribution in [0.15, 0.2) is 12.4 Å². The standard InChI is InChI=1S/C11H15ClN2O2/c1-7(9(15)16-11(2,3)4)8-5-13-10(12)14-6-8/h5-7H,1-4H3. The number of carbonyl (C=O) groups excluding carboxylic acids is 1. The predicted molar refractivity (Wildman–Crippen MR) is 61.3 cm³/mol. The molecule has 1 aromatic rings. The Morgan fingerprint density at radius 1 is 1.38 bits per heavy atom.